The summed E-state index contributed by atoms with van der Waals surface area (Å²) >= 11 is 0. The monoisotopic (exact) mass is 450 g/mol. The number of rotatable bonds is 6. The van der Waals surface area contributed by atoms with E-state index in [1.807, 2.05) is 0 Å². The van der Waals surface area contributed by atoms with Crippen LogP contribution in [-0.2, 0) is 10.9 Å². The van der Waals surface area contributed by atoms with Gasteiger partial charge in [-0.2, -0.15) is 13.2 Å². The van der Waals surface area contributed by atoms with Crippen LogP contribution in [0, 0.1) is 0 Å². The Balaban J connectivity index is 1.95. The van der Waals surface area contributed by atoms with E-state index in [0.717, 1.165) is 24.1 Å². The Morgan fingerprint density at radius 2 is 1.69 bits per heavy atom. The average Bonchev–Trinajstić information content (AvgIpc) is 3.28. The largest absolute Gasteiger partial charge is 0.493 e. The molecule has 9 nitrogen and oxygen atoms in total. The van der Waals surface area contributed by atoms with Crippen molar-refractivity contribution >= 4 is 17.6 Å². The number of hydrogen-bond acceptors (Lipinski definition) is 7. The van der Waals surface area contributed by atoms with Gasteiger partial charge in [-0.1, -0.05) is 17.3 Å². The minimum atomic E-state index is -4.62. The molecule has 0 radical (unpaired) electrons. The zero-order valence-electron chi connectivity index (χ0n) is 17.1. The van der Waals surface area contributed by atoms with Gasteiger partial charge in [0.2, 0.25) is 0 Å². The van der Waals surface area contributed by atoms with Gasteiger partial charge in [-0.3, -0.25) is 4.79 Å². The van der Waals surface area contributed by atoms with Gasteiger partial charge < -0.3 is 19.5 Å². The van der Waals surface area contributed by atoms with Crippen LogP contribution in [0.3, 0.4) is 0 Å². The van der Waals surface area contributed by atoms with E-state index in [4.69, 9.17) is 14.2 Å². The first kappa shape index (κ1) is 22.6. The van der Waals surface area contributed by atoms with E-state index in [2.05, 4.69) is 15.6 Å². The summed E-state index contributed by atoms with van der Waals surface area (Å²) in [6.07, 6.45) is -3.58. The number of esters is 1. The van der Waals surface area contributed by atoms with Crippen LogP contribution in [0.4, 0.5) is 18.9 Å². The first-order valence-corrected chi connectivity index (χ1v) is 8.94. The number of amides is 1. The number of aromatic nitrogens is 3. The molecule has 0 aliphatic rings. The number of ether oxygens (including phenoxy) is 3. The molecule has 3 rings (SSSR count). The molecule has 0 bridgehead atoms. The summed E-state index contributed by atoms with van der Waals surface area (Å²) in [6, 6.07) is 7.38. The van der Waals surface area contributed by atoms with Crippen LogP contribution in [0.5, 0.6) is 11.5 Å². The maximum absolute atomic E-state index is 13.3. The molecular formula is C20H17F3N4O5. The molecule has 0 fully saturated rings. The molecule has 0 saturated heterocycles. The molecule has 0 spiro atoms. The number of halogens is 3. The van der Waals surface area contributed by atoms with Gasteiger partial charge in [-0.05, 0) is 12.1 Å². The highest BCUT2D eigenvalue weighted by atomic mass is 19.4. The van der Waals surface area contributed by atoms with Gasteiger partial charge in [-0.25, -0.2) is 9.48 Å². The van der Waals surface area contributed by atoms with Gasteiger partial charge in [-0.15, -0.1) is 5.10 Å². The zero-order chi connectivity index (χ0) is 23.5. The second-order valence-electron chi connectivity index (χ2n) is 6.26. The fourth-order valence-corrected chi connectivity index (χ4v) is 2.85. The fraction of sp³-hybridized carbons (Fsp3) is 0.200. The Bertz CT molecular complexity index is 1160. The molecule has 12 heteroatoms. The molecule has 1 aromatic heterocycles. The average molecular weight is 450 g/mol. The molecule has 3 aromatic rings. The van der Waals surface area contributed by atoms with Crippen molar-refractivity contribution in [3.8, 4) is 17.2 Å². The predicted octanol–water partition coefficient (Wildman–Crippen LogP) is 3.34. The Hall–Kier alpha value is -4.09. The Kier molecular flexibility index (Phi) is 6.32. The second kappa shape index (κ2) is 8.96. The van der Waals surface area contributed by atoms with E-state index in [-0.39, 0.29) is 34.1 Å². The lowest BCUT2D eigenvalue weighted by atomic mass is 10.1. The van der Waals surface area contributed by atoms with Crippen molar-refractivity contribution in [3.63, 3.8) is 0 Å². The third-order valence-corrected chi connectivity index (χ3v) is 4.36. The number of nitrogens with one attached hydrogen (secondary N) is 1. The van der Waals surface area contributed by atoms with Crippen molar-refractivity contribution in [2.45, 2.75) is 6.18 Å². The van der Waals surface area contributed by atoms with Crippen molar-refractivity contribution in [2.24, 2.45) is 0 Å². The maximum Gasteiger partial charge on any atom is 0.418 e. The first-order valence-electron chi connectivity index (χ1n) is 8.94. The summed E-state index contributed by atoms with van der Waals surface area (Å²) < 4.78 is 55.7. The third-order valence-electron chi connectivity index (χ3n) is 4.36. The van der Waals surface area contributed by atoms with Crippen molar-refractivity contribution in [3.05, 3.63) is 59.4 Å². The molecule has 0 unspecified atom stereocenters. The number of anilines is 1. The lowest BCUT2D eigenvalue weighted by Crippen LogP contribution is -2.16. The van der Waals surface area contributed by atoms with E-state index in [1.165, 1.54) is 44.6 Å². The summed E-state index contributed by atoms with van der Waals surface area (Å²) in [4.78, 5) is 24.8. The van der Waals surface area contributed by atoms with E-state index in [1.54, 1.807) is 0 Å². The smallest absolute Gasteiger partial charge is 0.418 e. The summed E-state index contributed by atoms with van der Waals surface area (Å²) in [5.41, 5.74) is -1.54. The highest BCUT2D eigenvalue weighted by Crippen LogP contribution is 2.35. The number of alkyl halides is 3. The number of hydrogen-bond donors (Lipinski definition) is 1. The van der Waals surface area contributed by atoms with Gasteiger partial charge in [0.05, 0.1) is 50.0 Å². The maximum atomic E-state index is 13.3. The predicted molar refractivity (Wildman–Crippen MR) is 105 cm³/mol. The summed E-state index contributed by atoms with van der Waals surface area (Å²) in [5, 5.41) is 9.74. The number of methoxy groups -OCH3 is 3. The lowest BCUT2D eigenvalue weighted by molar-refractivity contribution is -0.137. The highest BCUT2D eigenvalue weighted by molar-refractivity contribution is 6.07. The van der Waals surface area contributed by atoms with Crippen molar-refractivity contribution in [1.29, 1.82) is 0 Å². The van der Waals surface area contributed by atoms with E-state index >= 15 is 0 Å². The van der Waals surface area contributed by atoms with Gasteiger partial charge in [0.25, 0.3) is 5.91 Å². The van der Waals surface area contributed by atoms with Crippen molar-refractivity contribution in [2.75, 3.05) is 26.6 Å². The van der Waals surface area contributed by atoms with Gasteiger partial charge in [0.1, 0.15) is 0 Å². The number of para-hydroxylation sites is 1. The third kappa shape index (κ3) is 4.48. The highest BCUT2D eigenvalue weighted by Gasteiger charge is 2.34. The van der Waals surface area contributed by atoms with Crippen LogP contribution < -0.4 is 14.8 Å². The minimum absolute atomic E-state index is 0.0183. The minimum Gasteiger partial charge on any atom is -0.493 e. The van der Waals surface area contributed by atoms with Crippen molar-refractivity contribution in [1.82, 2.24) is 15.0 Å². The zero-order valence-corrected chi connectivity index (χ0v) is 17.1. The van der Waals surface area contributed by atoms with Gasteiger partial charge in [0, 0.05) is 12.1 Å². The van der Waals surface area contributed by atoms with Crippen LogP contribution >= 0.6 is 0 Å². The van der Waals surface area contributed by atoms with Gasteiger partial charge in [0.15, 0.2) is 17.2 Å². The summed E-state index contributed by atoms with van der Waals surface area (Å²) in [7, 11) is 3.90. The van der Waals surface area contributed by atoms with Crippen molar-refractivity contribution < 1.29 is 37.0 Å². The summed E-state index contributed by atoms with van der Waals surface area (Å²) in [5.74, 6) is -1.14. The standard InChI is InChI=1S/C20H17F3N4O5/c1-30-16-8-11(19(29)32-3)13(9-17(16)31-2)24-18(28)14-10-27(26-25-14)15-7-5-4-6-12(15)20(21,22)23/h4-10H,1-3H3,(H,24,28). The molecule has 32 heavy (non-hydrogen) atoms. The summed E-state index contributed by atoms with van der Waals surface area (Å²) in [6.45, 7) is 0. The van der Waals surface area contributed by atoms with Crippen LogP contribution in [0.25, 0.3) is 5.69 Å². The Labute approximate surface area is 179 Å². The van der Waals surface area contributed by atoms with Gasteiger partial charge >= 0.3 is 12.1 Å². The molecule has 168 valence electrons. The number of benzene rings is 2. The van der Waals surface area contributed by atoms with Crippen LogP contribution in [0.1, 0.15) is 26.4 Å². The molecule has 0 aliphatic heterocycles. The molecule has 2 aromatic carbocycles. The topological polar surface area (TPSA) is 105 Å². The Morgan fingerprint density at radius 1 is 1.03 bits per heavy atom. The number of carbonyl (C=O) groups excluding carboxylic acids is 2. The normalized spacial score (nSPS) is 11.1. The van der Waals surface area contributed by atoms with Crippen LogP contribution in [0.15, 0.2) is 42.6 Å². The van der Waals surface area contributed by atoms with E-state index in [0.29, 0.717) is 0 Å². The lowest BCUT2D eigenvalue weighted by Gasteiger charge is -2.14. The van der Waals surface area contributed by atoms with E-state index < -0.39 is 23.6 Å². The molecular weight excluding hydrogens is 433 g/mol. The SMILES string of the molecule is COC(=O)c1cc(OC)c(OC)cc1NC(=O)c1cn(-c2ccccc2C(F)(F)F)nn1. The number of nitrogens with zero attached hydrogens (tertiary/aromatic N) is 3. The molecule has 1 heterocycles. The Morgan fingerprint density at radius 3 is 2.31 bits per heavy atom. The molecule has 1 amide bonds. The van der Waals surface area contributed by atoms with E-state index in [9.17, 15) is 22.8 Å². The molecule has 0 saturated carbocycles. The fourth-order valence-electron chi connectivity index (χ4n) is 2.85. The number of carbonyl (C=O) groups is 2. The molecule has 0 aliphatic carbocycles. The second-order valence-corrected chi connectivity index (χ2v) is 6.26. The quantitative estimate of drug-likeness (QED) is 0.575. The molecule has 1 N–H and O–H groups in total. The van der Waals surface area contributed by atoms with Crippen LogP contribution in [-0.4, -0.2) is 48.2 Å². The first-order chi connectivity index (χ1) is 15.2. The molecule has 0 atom stereocenters. The van der Waals surface area contributed by atoms with Crippen LogP contribution in [0.2, 0.25) is 0 Å².